The second-order valence-electron chi connectivity index (χ2n) is 5.46. The Kier molecular flexibility index (Phi) is 3.89. The van der Waals surface area contributed by atoms with Crippen molar-refractivity contribution in [3.63, 3.8) is 0 Å². The zero-order valence-corrected chi connectivity index (χ0v) is 13.7. The molecule has 3 heterocycles. The first kappa shape index (κ1) is 15.0. The molecule has 0 aliphatic carbocycles. The average molecular weight is 325 g/mol. The third-order valence-corrected chi connectivity index (χ3v) is 3.92. The van der Waals surface area contributed by atoms with Crippen LogP contribution in [0, 0.1) is 11.8 Å². The van der Waals surface area contributed by atoms with Gasteiger partial charge in [-0.25, -0.2) is 4.98 Å². The van der Waals surface area contributed by atoms with Crippen molar-refractivity contribution in [2.75, 3.05) is 7.11 Å². The Labute approximate surface area is 145 Å². The molecule has 0 unspecified atom stereocenters. The lowest BCUT2D eigenvalue weighted by Crippen LogP contribution is -1.95. The van der Waals surface area contributed by atoms with Crippen LogP contribution in [0.2, 0.25) is 0 Å². The molecule has 0 amide bonds. The van der Waals surface area contributed by atoms with Gasteiger partial charge in [0.1, 0.15) is 5.69 Å². The van der Waals surface area contributed by atoms with Crippen LogP contribution in [0.4, 0.5) is 0 Å². The molecule has 4 nitrogen and oxygen atoms in total. The standard InChI is InChI=1S/C21H15N3O/c1-25-20-19(17-7-3-2-4-8-17)11-13-24-18(15-23-21(20)24)10-9-16-6-5-12-22-14-16/h2-8,11-15H,1H3. The average Bonchev–Trinajstić information content (AvgIpc) is 3.10. The number of aromatic nitrogens is 3. The van der Waals surface area contributed by atoms with E-state index in [-0.39, 0.29) is 0 Å². The molecule has 4 rings (SSSR count). The molecule has 0 N–H and O–H groups in total. The van der Waals surface area contributed by atoms with E-state index in [9.17, 15) is 0 Å². The molecule has 25 heavy (non-hydrogen) atoms. The van der Waals surface area contributed by atoms with E-state index in [1.807, 2.05) is 47.0 Å². The fourth-order valence-corrected chi connectivity index (χ4v) is 2.74. The van der Waals surface area contributed by atoms with Crippen LogP contribution in [-0.2, 0) is 0 Å². The second-order valence-corrected chi connectivity index (χ2v) is 5.46. The van der Waals surface area contributed by atoms with Gasteiger partial charge in [0, 0.05) is 29.7 Å². The first-order valence-corrected chi connectivity index (χ1v) is 7.88. The number of hydrogen-bond donors (Lipinski definition) is 0. The maximum absolute atomic E-state index is 5.65. The van der Waals surface area contributed by atoms with Crippen LogP contribution in [0.15, 0.2) is 73.3 Å². The Balaban J connectivity index is 1.82. The minimum atomic E-state index is 0.739. The lowest BCUT2D eigenvalue weighted by molar-refractivity contribution is 0.418. The summed E-state index contributed by atoms with van der Waals surface area (Å²) >= 11 is 0. The normalized spacial score (nSPS) is 10.3. The first-order chi connectivity index (χ1) is 12.4. The molecular formula is C21H15N3O. The van der Waals surface area contributed by atoms with Crippen molar-refractivity contribution < 1.29 is 4.74 Å². The molecule has 0 fully saturated rings. The predicted octanol–water partition coefficient (Wildman–Crippen LogP) is 3.80. The van der Waals surface area contributed by atoms with Crippen molar-refractivity contribution in [2.45, 2.75) is 0 Å². The van der Waals surface area contributed by atoms with Crippen LogP contribution in [0.25, 0.3) is 16.8 Å². The molecule has 4 heteroatoms. The van der Waals surface area contributed by atoms with E-state index >= 15 is 0 Å². The van der Waals surface area contributed by atoms with Gasteiger partial charge in [-0.1, -0.05) is 36.3 Å². The highest BCUT2D eigenvalue weighted by Gasteiger charge is 2.13. The third-order valence-electron chi connectivity index (χ3n) is 3.92. The number of benzene rings is 1. The summed E-state index contributed by atoms with van der Waals surface area (Å²) in [5.74, 6) is 7.00. The molecule has 0 aliphatic rings. The zero-order chi connectivity index (χ0) is 17.1. The summed E-state index contributed by atoms with van der Waals surface area (Å²) in [6, 6.07) is 15.9. The lowest BCUT2D eigenvalue weighted by atomic mass is 10.1. The molecule has 1 aromatic carbocycles. The smallest absolute Gasteiger partial charge is 0.181 e. The Hall–Kier alpha value is -3.58. The minimum Gasteiger partial charge on any atom is -0.492 e. The van der Waals surface area contributed by atoms with E-state index in [0.717, 1.165) is 33.8 Å². The molecular weight excluding hydrogens is 310 g/mol. The van der Waals surface area contributed by atoms with Gasteiger partial charge in [-0.3, -0.25) is 9.38 Å². The van der Waals surface area contributed by atoms with Gasteiger partial charge in [-0.2, -0.15) is 0 Å². The summed E-state index contributed by atoms with van der Waals surface area (Å²) in [5, 5.41) is 0. The number of pyridine rings is 2. The Morgan fingerprint density at radius 3 is 2.60 bits per heavy atom. The maximum Gasteiger partial charge on any atom is 0.181 e. The van der Waals surface area contributed by atoms with Crippen LogP contribution < -0.4 is 4.74 Å². The first-order valence-electron chi connectivity index (χ1n) is 7.88. The van der Waals surface area contributed by atoms with E-state index in [1.165, 1.54) is 0 Å². The summed E-state index contributed by atoms with van der Waals surface area (Å²) in [6.45, 7) is 0. The fraction of sp³-hybridized carbons (Fsp3) is 0.0476. The SMILES string of the molecule is COc1c(-c2ccccc2)ccn2c(C#Cc3cccnc3)cnc12. The Morgan fingerprint density at radius 2 is 1.84 bits per heavy atom. The number of imidazole rings is 1. The van der Waals surface area contributed by atoms with Crippen molar-refractivity contribution in [1.29, 1.82) is 0 Å². The molecule has 0 atom stereocenters. The highest BCUT2D eigenvalue weighted by Crippen LogP contribution is 2.33. The predicted molar refractivity (Wildman–Crippen MR) is 97.4 cm³/mol. The number of ether oxygens (including phenoxy) is 1. The number of rotatable bonds is 2. The van der Waals surface area contributed by atoms with Gasteiger partial charge >= 0.3 is 0 Å². The highest BCUT2D eigenvalue weighted by molar-refractivity contribution is 5.78. The maximum atomic E-state index is 5.65. The van der Waals surface area contributed by atoms with Crippen molar-refractivity contribution in [3.8, 4) is 28.7 Å². The molecule has 4 aromatic rings. The second kappa shape index (κ2) is 6.50. The Morgan fingerprint density at radius 1 is 0.960 bits per heavy atom. The van der Waals surface area contributed by atoms with Gasteiger partial charge in [-0.05, 0) is 29.7 Å². The number of methoxy groups -OCH3 is 1. The van der Waals surface area contributed by atoms with E-state index < -0.39 is 0 Å². The van der Waals surface area contributed by atoms with E-state index in [1.54, 1.807) is 25.7 Å². The highest BCUT2D eigenvalue weighted by atomic mass is 16.5. The van der Waals surface area contributed by atoms with Crippen LogP contribution in [0.3, 0.4) is 0 Å². The molecule has 0 radical (unpaired) electrons. The van der Waals surface area contributed by atoms with Gasteiger partial charge < -0.3 is 4.74 Å². The van der Waals surface area contributed by atoms with Crippen molar-refractivity contribution in [2.24, 2.45) is 0 Å². The molecule has 0 saturated carbocycles. The molecule has 0 aliphatic heterocycles. The fourth-order valence-electron chi connectivity index (χ4n) is 2.74. The number of nitrogens with zero attached hydrogens (tertiary/aromatic N) is 3. The van der Waals surface area contributed by atoms with Crippen LogP contribution >= 0.6 is 0 Å². The summed E-state index contributed by atoms with van der Waals surface area (Å²) in [7, 11) is 1.66. The van der Waals surface area contributed by atoms with Crippen molar-refractivity contribution in [1.82, 2.24) is 14.4 Å². The van der Waals surface area contributed by atoms with Gasteiger partial charge in [0.25, 0.3) is 0 Å². The van der Waals surface area contributed by atoms with E-state index in [0.29, 0.717) is 0 Å². The van der Waals surface area contributed by atoms with E-state index in [4.69, 9.17) is 4.74 Å². The number of hydrogen-bond acceptors (Lipinski definition) is 3. The Bertz CT molecular complexity index is 1070. The molecule has 3 aromatic heterocycles. The van der Waals surface area contributed by atoms with Crippen LogP contribution in [-0.4, -0.2) is 21.5 Å². The minimum absolute atomic E-state index is 0.739. The van der Waals surface area contributed by atoms with Crippen molar-refractivity contribution in [3.05, 3.63) is 84.6 Å². The molecule has 0 saturated heterocycles. The van der Waals surface area contributed by atoms with Gasteiger partial charge in [0.2, 0.25) is 0 Å². The summed E-state index contributed by atoms with van der Waals surface area (Å²) < 4.78 is 7.59. The van der Waals surface area contributed by atoms with Crippen LogP contribution in [0.1, 0.15) is 11.3 Å². The van der Waals surface area contributed by atoms with Crippen molar-refractivity contribution >= 4 is 5.65 Å². The quantitative estimate of drug-likeness (QED) is 0.526. The van der Waals surface area contributed by atoms with Gasteiger partial charge in [0.15, 0.2) is 11.4 Å². The summed E-state index contributed by atoms with van der Waals surface area (Å²) in [4.78, 5) is 8.58. The molecule has 0 spiro atoms. The monoisotopic (exact) mass is 325 g/mol. The summed E-state index contributed by atoms with van der Waals surface area (Å²) in [5.41, 5.74) is 4.52. The lowest BCUT2D eigenvalue weighted by Gasteiger charge is -2.10. The molecule has 0 bridgehead atoms. The van der Waals surface area contributed by atoms with E-state index in [2.05, 4.69) is 33.9 Å². The zero-order valence-electron chi connectivity index (χ0n) is 13.7. The third kappa shape index (κ3) is 2.84. The molecule has 120 valence electrons. The summed E-state index contributed by atoms with van der Waals surface area (Å²) in [6.07, 6.45) is 7.20. The van der Waals surface area contributed by atoms with Gasteiger partial charge in [0.05, 0.1) is 13.3 Å². The number of fused-ring (bicyclic) bond motifs is 1. The van der Waals surface area contributed by atoms with Gasteiger partial charge in [-0.15, -0.1) is 0 Å². The van der Waals surface area contributed by atoms with Crippen LogP contribution in [0.5, 0.6) is 5.75 Å². The topological polar surface area (TPSA) is 39.4 Å². The largest absolute Gasteiger partial charge is 0.492 e.